The summed E-state index contributed by atoms with van der Waals surface area (Å²) >= 11 is 0. The lowest BCUT2D eigenvalue weighted by molar-refractivity contribution is -0.277. The van der Waals surface area contributed by atoms with Crippen LogP contribution in [-0.4, -0.2) is 73.1 Å². The highest BCUT2D eigenvalue weighted by molar-refractivity contribution is 5.72. The second-order valence-electron chi connectivity index (χ2n) is 6.66. The van der Waals surface area contributed by atoms with Gasteiger partial charge in [0.2, 0.25) is 6.29 Å². The molecule has 7 N–H and O–H groups in total. The molecule has 0 unspecified atom stereocenters. The first-order chi connectivity index (χ1) is 13.8. The molecule has 1 aliphatic heterocycles. The first-order valence-electron chi connectivity index (χ1n) is 8.80. The first-order valence-corrected chi connectivity index (χ1v) is 8.80. The standard InChI is InChI=1S/C20H22O9/c21-9-16-17(25)18(26)19(27)20(29-16)28-13-6-11(5-12(22)8-13)2-1-10-3-4-14(23)15(24)7-10/h1-8,16-27H,9H2/b2-1+/t16-,17-,18+,19-,20-/m1/s1. The molecule has 9 nitrogen and oxygen atoms in total. The van der Waals surface area contributed by atoms with Crippen molar-refractivity contribution in [2.75, 3.05) is 6.61 Å². The molecule has 2 aromatic carbocycles. The summed E-state index contributed by atoms with van der Waals surface area (Å²) in [7, 11) is 0. The Hall–Kier alpha value is -2.82. The molecule has 9 heteroatoms. The molecular weight excluding hydrogens is 384 g/mol. The maximum Gasteiger partial charge on any atom is 0.229 e. The lowest BCUT2D eigenvalue weighted by atomic mass is 9.99. The van der Waals surface area contributed by atoms with Crippen LogP contribution < -0.4 is 4.74 Å². The third-order valence-electron chi connectivity index (χ3n) is 4.48. The fourth-order valence-electron chi connectivity index (χ4n) is 2.91. The highest BCUT2D eigenvalue weighted by Gasteiger charge is 2.44. The molecule has 1 fully saturated rings. The molecule has 0 spiro atoms. The number of benzene rings is 2. The predicted octanol–water partition coefficient (Wildman–Crippen LogP) is 0.152. The lowest BCUT2D eigenvalue weighted by Gasteiger charge is -2.39. The summed E-state index contributed by atoms with van der Waals surface area (Å²) in [6.45, 7) is -0.585. The van der Waals surface area contributed by atoms with Crippen molar-refractivity contribution in [1.29, 1.82) is 0 Å². The van der Waals surface area contributed by atoms with E-state index in [4.69, 9.17) is 9.47 Å². The number of aliphatic hydroxyl groups excluding tert-OH is 4. The van der Waals surface area contributed by atoms with E-state index in [1.165, 1.54) is 30.3 Å². The number of rotatable bonds is 5. The van der Waals surface area contributed by atoms with Crippen molar-refractivity contribution in [2.45, 2.75) is 30.7 Å². The van der Waals surface area contributed by atoms with Gasteiger partial charge in [0.15, 0.2) is 11.5 Å². The molecule has 5 atom stereocenters. The van der Waals surface area contributed by atoms with Gasteiger partial charge in [0, 0.05) is 6.07 Å². The van der Waals surface area contributed by atoms with E-state index in [2.05, 4.69) is 0 Å². The van der Waals surface area contributed by atoms with Gasteiger partial charge in [0.05, 0.1) is 6.61 Å². The number of phenols is 3. The van der Waals surface area contributed by atoms with Gasteiger partial charge in [-0.05, 0) is 35.4 Å². The Morgan fingerprint density at radius 2 is 1.55 bits per heavy atom. The summed E-state index contributed by atoms with van der Waals surface area (Å²) in [6.07, 6.45) is -3.90. The maximum absolute atomic E-state index is 10.1. The quantitative estimate of drug-likeness (QED) is 0.271. The molecule has 1 heterocycles. The number of phenolic OH excluding ortho intramolecular Hbond substituents is 3. The van der Waals surface area contributed by atoms with Crippen molar-refractivity contribution in [3.05, 3.63) is 47.5 Å². The van der Waals surface area contributed by atoms with Crippen molar-refractivity contribution in [1.82, 2.24) is 0 Å². The monoisotopic (exact) mass is 406 g/mol. The SMILES string of the molecule is OC[C@H]1O[C@@H](Oc2cc(O)cc(/C=C/c3ccc(O)c(O)c3)c2)[C@H](O)[C@@H](O)[C@@H]1O. The van der Waals surface area contributed by atoms with Gasteiger partial charge < -0.3 is 45.2 Å². The topological polar surface area (TPSA) is 160 Å². The molecule has 0 aliphatic carbocycles. The van der Waals surface area contributed by atoms with Gasteiger partial charge in [0.1, 0.15) is 35.9 Å². The van der Waals surface area contributed by atoms with Gasteiger partial charge >= 0.3 is 0 Å². The third-order valence-corrected chi connectivity index (χ3v) is 4.48. The van der Waals surface area contributed by atoms with Crippen molar-refractivity contribution < 1.29 is 45.2 Å². The van der Waals surface area contributed by atoms with Gasteiger partial charge in [-0.3, -0.25) is 0 Å². The number of ether oxygens (including phenoxy) is 2. The fourth-order valence-corrected chi connectivity index (χ4v) is 2.91. The number of aliphatic hydroxyl groups is 4. The first kappa shape index (κ1) is 20.9. The molecule has 29 heavy (non-hydrogen) atoms. The molecule has 1 saturated heterocycles. The largest absolute Gasteiger partial charge is 0.508 e. The zero-order chi connectivity index (χ0) is 21.1. The van der Waals surface area contributed by atoms with Crippen LogP contribution in [-0.2, 0) is 4.74 Å². The van der Waals surface area contributed by atoms with E-state index in [1.807, 2.05) is 0 Å². The van der Waals surface area contributed by atoms with Crippen LogP contribution in [0.4, 0.5) is 0 Å². The molecule has 0 amide bonds. The fraction of sp³-hybridized carbons (Fsp3) is 0.300. The van der Waals surface area contributed by atoms with Crippen molar-refractivity contribution >= 4 is 12.2 Å². The Morgan fingerprint density at radius 1 is 0.828 bits per heavy atom. The zero-order valence-corrected chi connectivity index (χ0v) is 15.2. The molecule has 2 aromatic rings. The Labute approximate surface area is 165 Å². The molecule has 156 valence electrons. The second-order valence-corrected chi connectivity index (χ2v) is 6.66. The molecule has 0 saturated carbocycles. The van der Waals surface area contributed by atoms with Crippen LogP contribution >= 0.6 is 0 Å². The average Bonchev–Trinajstić information content (AvgIpc) is 2.69. The van der Waals surface area contributed by atoms with E-state index in [0.29, 0.717) is 11.1 Å². The van der Waals surface area contributed by atoms with E-state index in [-0.39, 0.29) is 23.0 Å². The minimum absolute atomic E-state index is 0.113. The molecule has 0 aromatic heterocycles. The summed E-state index contributed by atoms with van der Waals surface area (Å²) < 4.78 is 10.8. The lowest BCUT2D eigenvalue weighted by Crippen LogP contribution is -2.60. The second kappa shape index (κ2) is 8.68. The Kier molecular flexibility index (Phi) is 6.26. The third kappa shape index (κ3) is 4.78. The van der Waals surface area contributed by atoms with Crippen LogP contribution in [0.25, 0.3) is 12.2 Å². The molecule has 3 rings (SSSR count). The van der Waals surface area contributed by atoms with Crippen LogP contribution in [0.15, 0.2) is 36.4 Å². The van der Waals surface area contributed by atoms with Crippen molar-refractivity contribution in [2.24, 2.45) is 0 Å². The Balaban J connectivity index is 1.78. The number of aromatic hydroxyl groups is 3. The minimum atomic E-state index is -1.58. The summed E-state index contributed by atoms with van der Waals surface area (Å²) in [5.41, 5.74) is 1.11. The van der Waals surface area contributed by atoms with Gasteiger partial charge in [-0.15, -0.1) is 0 Å². The number of hydrogen-bond acceptors (Lipinski definition) is 9. The van der Waals surface area contributed by atoms with E-state index in [9.17, 15) is 35.7 Å². The van der Waals surface area contributed by atoms with Gasteiger partial charge in [-0.1, -0.05) is 18.2 Å². The summed E-state index contributed by atoms with van der Waals surface area (Å²) in [5.74, 6) is -0.535. The van der Waals surface area contributed by atoms with Crippen molar-refractivity contribution in [3.63, 3.8) is 0 Å². The summed E-state index contributed by atoms with van der Waals surface area (Å²) in [4.78, 5) is 0. The molecule has 0 radical (unpaired) electrons. The number of hydrogen-bond donors (Lipinski definition) is 7. The maximum atomic E-state index is 10.1. The van der Waals surface area contributed by atoms with Crippen LogP contribution in [0.3, 0.4) is 0 Å². The minimum Gasteiger partial charge on any atom is -0.508 e. The zero-order valence-electron chi connectivity index (χ0n) is 15.2. The van der Waals surface area contributed by atoms with Crippen LogP contribution in [0.5, 0.6) is 23.0 Å². The van der Waals surface area contributed by atoms with Gasteiger partial charge in [-0.2, -0.15) is 0 Å². The highest BCUT2D eigenvalue weighted by atomic mass is 16.7. The average molecular weight is 406 g/mol. The van der Waals surface area contributed by atoms with E-state index >= 15 is 0 Å². The smallest absolute Gasteiger partial charge is 0.229 e. The Bertz CT molecular complexity index is 880. The molecule has 1 aliphatic rings. The summed E-state index contributed by atoms with van der Waals surface area (Å²) in [6, 6.07) is 8.52. The molecule has 0 bridgehead atoms. The van der Waals surface area contributed by atoms with Crippen LogP contribution in [0, 0.1) is 0 Å². The van der Waals surface area contributed by atoms with Crippen LogP contribution in [0.2, 0.25) is 0 Å². The van der Waals surface area contributed by atoms with Crippen molar-refractivity contribution in [3.8, 4) is 23.0 Å². The highest BCUT2D eigenvalue weighted by Crippen LogP contribution is 2.29. The van der Waals surface area contributed by atoms with E-state index in [1.54, 1.807) is 18.2 Å². The predicted molar refractivity (Wildman–Crippen MR) is 101 cm³/mol. The normalized spacial score (nSPS) is 27.2. The van der Waals surface area contributed by atoms with E-state index < -0.39 is 37.3 Å². The van der Waals surface area contributed by atoms with Gasteiger partial charge in [-0.25, -0.2) is 0 Å². The molecular formula is C20H22O9. The van der Waals surface area contributed by atoms with Crippen LogP contribution in [0.1, 0.15) is 11.1 Å². The summed E-state index contributed by atoms with van der Waals surface area (Å²) in [5, 5.41) is 67.8. The van der Waals surface area contributed by atoms with E-state index in [0.717, 1.165) is 0 Å². The van der Waals surface area contributed by atoms with Gasteiger partial charge in [0.25, 0.3) is 0 Å². The Morgan fingerprint density at radius 3 is 2.24 bits per heavy atom.